The average molecular weight is 250 g/mol. The van der Waals surface area contributed by atoms with E-state index >= 15 is 0 Å². The summed E-state index contributed by atoms with van der Waals surface area (Å²) in [6, 6.07) is 2.04. The number of rotatable bonds is 3. The molecule has 98 valence electrons. The van der Waals surface area contributed by atoms with Crippen LogP contribution in [0.1, 0.15) is 12.8 Å². The van der Waals surface area contributed by atoms with Gasteiger partial charge in [0.05, 0.1) is 19.3 Å². The van der Waals surface area contributed by atoms with E-state index in [1.54, 1.807) is 13.2 Å². The summed E-state index contributed by atoms with van der Waals surface area (Å²) < 4.78 is 10.8. The van der Waals surface area contributed by atoms with Crippen LogP contribution in [0.15, 0.2) is 12.4 Å². The van der Waals surface area contributed by atoms with Crippen LogP contribution in [0.4, 0.5) is 5.82 Å². The van der Waals surface area contributed by atoms with Gasteiger partial charge in [0, 0.05) is 24.6 Å². The summed E-state index contributed by atoms with van der Waals surface area (Å²) in [6.07, 6.45) is 3.97. The van der Waals surface area contributed by atoms with Gasteiger partial charge in [0.2, 0.25) is 5.88 Å². The van der Waals surface area contributed by atoms with E-state index in [1.165, 1.54) is 6.33 Å². The number of hydrogen-bond donors (Lipinski definition) is 2. The molecule has 6 nitrogen and oxygen atoms in total. The van der Waals surface area contributed by atoms with Crippen molar-refractivity contribution in [3.63, 3.8) is 0 Å². The lowest BCUT2D eigenvalue weighted by Crippen LogP contribution is -2.69. The Morgan fingerprint density at radius 1 is 1.50 bits per heavy atom. The van der Waals surface area contributed by atoms with Gasteiger partial charge in [0.25, 0.3) is 0 Å². The summed E-state index contributed by atoms with van der Waals surface area (Å²) in [4.78, 5) is 8.14. The van der Waals surface area contributed by atoms with Crippen LogP contribution in [0.5, 0.6) is 5.88 Å². The van der Waals surface area contributed by atoms with Crippen molar-refractivity contribution < 1.29 is 9.47 Å². The number of anilines is 1. The minimum absolute atomic E-state index is 0.134. The van der Waals surface area contributed by atoms with Crippen LogP contribution in [0.25, 0.3) is 0 Å². The van der Waals surface area contributed by atoms with Gasteiger partial charge in [-0.1, -0.05) is 0 Å². The van der Waals surface area contributed by atoms with Crippen LogP contribution in [-0.4, -0.2) is 41.9 Å². The van der Waals surface area contributed by atoms with E-state index in [9.17, 15) is 0 Å². The molecule has 1 saturated carbocycles. The molecule has 0 spiro atoms. The lowest BCUT2D eigenvalue weighted by atomic mass is 9.68. The van der Waals surface area contributed by atoms with Crippen LogP contribution < -0.4 is 15.8 Å². The topological polar surface area (TPSA) is 82.3 Å². The molecule has 1 saturated heterocycles. The maximum Gasteiger partial charge on any atom is 0.218 e. The molecule has 2 fully saturated rings. The molecule has 0 amide bonds. The van der Waals surface area contributed by atoms with Crippen molar-refractivity contribution >= 4 is 5.82 Å². The molecule has 2 heterocycles. The minimum atomic E-state index is 0.134. The van der Waals surface area contributed by atoms with Gasteiger partial charge in [-0.05, 0) is 12.8 Å². The Labute approximate surface area is 106 Å². The summed E-state index contributed by atoms with van der Waals surface area (Å²) in [7, 11) is 1.58. The molecule has 0 bridgehead atoms. The number of nitrogens with one attached hydrogen (secondary N) is 1. The number of fused-ring (bicyclic) bond motifs is 1. The Bertz CT molecular complexity index is 428. The Hall–Kier alpha value is -1.40. The molecule has 3 N–H and O–H groups in total. The summed E-state index contributed by atoms with van der Waals surface area (Å²) in [5.74, 6) is 1.76. The SMILES string of the molecule is COc1cc(NC2C(N)C3CCCOC32)ncn1. The monoisotopic (exact) mass is 250 g/mol. The zero-order valence-electron chi connectivity index (χ0n) is 10.4. The molecule has 1 aromatic rings. The zero-order chi connectivity index (χ0) is 12.5. The third-order valence-electron chi connectivity index (χ3n) is 3.84. The summed E-state index contributed by atoms with van der Waals surface area (Å²) in [5.41, 5.74) is 6.18. The molecule has 4 atom stereocenters. The highest BCUT2D eigenvalue weighted by molar-refractivity contribution is 5.40. The number of nitrogens with zero attached hydrogens (tertiary/aromatic N) is 2. The number of hydrogen-bond acceptors (Lipinski definition) is 6. The van der Waals surface area contributed by atoms with Gasteiger partial charge >= 0.3 is 0 Å². The summed E-state index contributed by atoms with van der Waals surface area (Å²) in [6.45, 7) is 0.833. The van der Waals surface area contributed by atoms with Crippen molar-refractivity contribution in [3.8, 4) is 5.88 Å². The molecule has 4 unspecified atom stereocenters. The van der Waals surface area contributed by atoms with Gasteiger partial charge in [-0.3, -0.25) is 0 Å². The number of nitrogens with two attached hydrogens (primary N) is 1. The van der Waals surface area contributed by atoms with Crippen LogP contribution in [0, 0.1) is 5.92 Å². The van der Waals surface area contributed by atoms with Crippen LogP contribution >= 0.6 is 0 Å². The first-order valence-corrected chi connectivity index (χ1v) is 6.29. The fraction of sp³-hybridized carbons (Fsp3) is 0.667. The van der Waals surface area contributed by atoms with Gasteiger partial charge in [-0.25, -0.2) is 9.97 Å². The van der Waals surface area contributed by atoms with E-state index in [-0.39, 0.29) is 18.2 Å². The Morgan fingerprint density at radius 2 is 2.39 bits per heavy atom. The van der Waals surface area contributed by atoms with E-state index < -0.39 is 0 Å². The predicted molar refractivity (Wildman–Crippen MR) is 66.4 cm³/mol. The van der Waals surface area contributed by atoms with E-state index in [4.69, 9.17) is 15.2 Å². The van der Waals surface area contributed by atoms with Crippen molar-refractivity contribution in [1.29, 1.82) is 0 Å². The molecule has 3 rings (SSSR count). The van der Waals surface area contributed by atoms with E-state index in [2.05, 4.69) is 15.3 Å². The molecule has 6 heteroatoms. The quantitative estimate of drug-likeness (QED) is 0.808. The van der Waals surface area contributed by atoms with Crippen molar-refractivity contribution in [2.75, 3.05) is 19.0 Å². The number of methoxy groups -OCH3 is 1. The molecule has 0 aromatic carbocycles. The van der Waals surface area contributed by atoms with Crippen molar-refractivity contribution in [1.82, 2.24) is 9.97 Å². The molecule has 1 aromatic heterocycles. The van der Waals surface area contributed by atoms with Crippen LogP contribution in [0.3, 0.4) is 0 Å². The molecule has 0 radical (unpaired) electrons. The average Bonchev–Trinajstić information content (AvgIpc) is 2.44. The third kappa shape index (κ3) is 1.91. The highest BCUT2D eigenvalue weighted by Crippen LogP contribution is 2.38. The number of aromatic nitrogens is 2. The highest BCUT2D eigenvalue weighted by Gasteiger charge is 2.50. The molecule has 1 aliphatic carbocycles. The second-order valence-electron chi connectivity index (χ2n) is 4.83. The second kappa shape index (κ2) is 4.70. The van der Waals surface area contributed by atoms with Gasteiger partial charge in [0.15, 0.2) is 0 Å². The van der Waals surface area contributed by atoms with Crippen molar-refractivity contribution in [3.05, 3.63) is 12.4 Å². The van der Waals surface area contributed by atoms with Gasteiger partial charge in [-0.15, -0.1) is 0 Å². The molecule has 2 aliphatic rings. The molecular formula is C12H18N4O2. The van der Waals surface area contributed by atoms with E-state index in [0.29, 0.717) is 11.8 Å². The van der Waals surface area contributed by atoms with Gasteiger partial charge < -0.3 is 20.5 Å². The van der Waals surface area contributed by atoms with Crippen LogP contribution in [-0.2, 0) is 4.74 Å². The van der Waals surface area contributed by atoms with Gasteiger partial charge in [-0.2, -0.15) is 0 Å². The van der Waals surface area contributed by atoms with Crippen LogP contribution in [0.2, 0.25) is 0 Å². The fourth-order valence-electron chi connectivity index (χ4n) is 2.83. The van der Waals surface area contributed by atoms with E-state index in [0.717, 1.165) is 25.3 Å². The first kappa shape index (κ1) is 11.7. The predicted octanol–water partition coefficient (Wildman–Crippen LogP) is 0.402. The largest absolute Gasteiger partial charge is 0.481 e. The maximum absolute atomic E-state index is 6.18. The first-order chi connectivity index (χ1) is 8.79. The first-order valence-electron chi connectivity index (χ1n) is 6.29. The Morgan fingerprint density at radius 3 is 3.22 bits per heavy atom. The lowest BCUT2D eigenvalue weighted by molar-refractivity contribution is -0.104. The Kier molecular flexibility index (Phi) is 3.05. The smallest absolute Gasteiger partial charge is 0.218 e. The normalized spacial score (nSPS) is 34.3. The maximum atomic E-state index is 6.18. The third-order valence-corrected chi connectivity index (χ3v) is 3.84. The fourth-order valence-corrected chi connectivity index (χ4v) is 2.83. The molecule has 1 aliphatic heterocycles. The summed E-state index contributed by atoms with van der Waals surface area (Å²) in [5, 5.41) is 3.32. The second-order valence-corrected chi connectivity index (χ2v) is 4.83. The molecular weight excluding hydrogens is 232 g/mol. The van der Waals surface area contributed by atoms with Gasteiger partial charge in [0.1, 0.15) is 12.1 Å². The number of ether oxygens (including phenoxy) is 2. The summed E-state index contributed by atoms with van der Waals surface area (Å²) >= 11 is 0. The standard InChI is InChI=1S/C12H18N4O2/c1-17-9-5-8(14-6-15-9)16-11-10(13)7-3-2-4-18-12(7)11/h5-7,10-12H,2-4,13H2,1H3,(H,14,15,16). The highest BCUT2D eigenvalue weighted by atomic mass is 16.5. The Balaban J connectivity index is 1.68. The lowest BCUT2D eigenvalue weighted by Gasteiger charge is -2.52. The minimum Gasteiger partial charge on any atom is -0.481 e. The zero-order valence-corrected chi connectivity index (χ0v) is 10.4. The molecule has 18 heavy (non-hydrogen) atoms. The van der Waals surface area contributed by atoms with Crippen molar-refractivity contribution in [2.45, 2.75) is 31.0 Å². The van der Waals surface area contributed by atoms with E-state index in [1.807, 2.05) is 0 Å². The van der Waals surface area contributed by atoms with Crippen molar-refractivity contribution in [2.24, 2.45) is 11.7 Å².